The van der Waals surface area contributed by atoms with E-state index in [2.05, 4.69) is 5.32 Å². The molecule has 0 saturated heterocycles. The highest BCUT2D eigenvalue weighted by Crippen LogP contribution is 2.25. The van der Waals surface area contributed by atoms with Crippen LogP contribution in [0.4, 0.5) is 4.79 Å². The van der Waals surface area contributed by atoms with E-state index in [4.69, 9.17) is 5.11 Å². The number of nitrogens with zero attached hydrogens (tertiary/aromatic N) is 1. The van der Waals surface area contributed by atoms with Gasteiger partial charge in [0.15, 0.2) is 0 Å². The van der Waals surface area contributed by atoms with Crippen molar-refractivity contribution in [3.8, 4) is 0 Å². The number of nitrogens with one attached hydrogen (secondary N) is 1. The maximum atomic E-state index is 11.3. The van der Waals surface area contributed by atoms with Crippen LogP contribution < -0.4 is 5.32 Å². The molecule has 0 saturated carbocycles. The zero-order valence-corrected chi connectivity index (χ0v) is 10.2. The molecule has 1 aromatic rings. The second-order valence-corrected chi connectivity index (χ2v) is 4.36. The molecule has 0 bridgehead atoms. The lowest BCUT2D eigenvalue weighted by Crippen LogP contribution is -2.45. The van der Waals surface area contributed by atoms with Gasteiger partial charge in [0.05, 0.1) is 0 Å². The zero-order chi connectivity index (χ0) is 13.0. The maximum absolute atomic E-state index is 11.3. The molecular weight excluding hydrogens is 232 g/mol. The van der Waals surface area contributed by atoms with Gasteiger partial charge in [0, 0.05) is 19.7 Å². The largest absolute Gasteiger partial charge is 0.465 e. The van der Waals surface area contributed by atoms with Crippen molar-refractivity contribution in [2.45, 2.75) is 19.0 Å². The van der Waals surface area contributed by atoms with Crippen LogP contribution in [0, 0.1) is 0 Å². The van der Waals surface area contributed by atoms with Crippen LogP contribution in [0.25, 0.3) is 0 Å². The van der Waals surface area contributed by atoms with Crippen molar-refractivity contribution in [2.24, 2.45) is 0 Å². The molecular formula is C13H18N2O3. The maximum Gasteiger partial charge on any atom is 0.408 e. The van der Waals surface area contributed by atoms with Crippen molar-refractivity contribution >= 4 is 6.09 Å². The molecule has 5 nitrogen and oxygen atoms in total. The predicted octanol–water partition coefficient (Wildman–Crippen LogP) is 1.19. The summed E-state index contributed by atoms with van der Waals surface area (Å²) in [6, 6.07) is 7.89. The van der Waals surface area contributed by atoms with Gasteiger partial charge in [-0.25, -0.2) is 4.79 Å². The van der Waals surface area contributed by atoms with Crippen molar-refractivity contribution in [1.82, 2.24) is 10.2 Å². The molecule has 1 aliphatic rings. The minimum Gasteiger partial charge on any atom is -0.465 e. The quantitative estimate of drug-likeness (QED) is 0.750. The monoisotopic (exact) mass is 250 g/mol. The van der Waals surface area contributed by atoms with E-state index >= 15 is 0 Å². The molecule has 1 atom stereocenters. The lowest BCUT2D eigenvalue weighted by molar-refractivity contribution is 0.106. The van der Waals surface area contributed by atoms with Crippen LogP contribution in [0.3, 0.4) is 0 Å². The summed E-state index contributed by atoms with van der Waals surface area (Å²) in [5, 5.41) is 21.4. The average molecular weight is 250 g/mol. The highest BCUT2D eigenvalue weighted by Gasteiger charge is 2.28. The summed E-state index contributed by atoms with van der Waals surface area (Å²) in [5.74, 6) is 0. The molecule has 1 heterocycles. The SMILES string of the molecule is O=C(O)N(CCCO)C1NCCc2ccccc21. The first-order valence-electron chi connectivity index (χ1n) is 6.15. The van der Waals surface area contributed by atoms with E-state index in [0.717, 1.165) is 18.5 Å². The second-order valence-electron chi connectivity index (χ2n) is 4.36. The molecule has 1 aromatic carbocycles. The van der Waals surface area contributed by atoms with Gasteiger partial charge in [-0.05, 0) is 24.0 Å². The highest BCUT2D eigenvalue weighted by molar-refractivity contribution is 5.66. The van der Waals surface area contributed by atoms with Crippen LogP contribution >= 0.6 is 0 Å². The Kier molecular flexibility index (Phi) is 4.17. The molecule has 0 aromatic heterocycles. The molecule has 1 unspecified atom stereocenters. The van der Waals surface area contributed by atoms with E-state index in [1.807, 2.05) is 24.3 Å². The topological polar surface area (TPSA) is 72.8 Å². The van der Waals surface area contributed by atoms with Crippen LogP contribution in [0.15, 0.2) is 24.3 Å². The molecule has 0 radical (unpaired) electrons. The third kappa shape index (κ3) is 2.63. The van der Waals surface area contributed by atoms with Gasteiger partial charge in [0.1, 0.15) is 6.17 Å². The minimum absolute atomic E-state index is 0.00184. The fourth-order valence-corrected chi connectivity index (χ4v) is 2.34. The lowest BCUT2D eigenvalue weighted by atomic mass is 9.98. The van der Waals surface area contributed by atoms with Crippen LogP contribution in [-0.2, 0) is 6.42 Å². The zero-order valence-electron chi connectivity index (χ0n) is 10.2. The Balaban J connectivity index is 2.23. The number of hydrogen-bond acceptors (Lipinski definition) is 3. The van der Waals surface area contributed by atoms with Crippen LogP contribution in [0.1, 0.15) is 23.7 Å². The van der Waals surface area contributed by atoms with Crippen molar-refractivity contribution < 1.29 is 15.0 Å². The molecule has 1 aliphatic heterocycles. The molecule has 0 aliphatic carbocycles. The molecule has 2 rings (SSSR count). The van der Waals surface area contributed by atoms with Gasteiger partial charge in [-0.3, -0.25) is 10.2 Å². The molecule has 0 spiro atoms. The first-order chi connectivity index (χ1) is 8.74. The molecule has 18 heavy (non-hydrogen) atoms. The smallest absolute Gasteiger partial charge is 0.408 e. The highest BCUT2D eigenvalue weighted by atomic mass is 16.4. The van der Waals surface area contributed by atoms with Gasteiger partial charge < -0.3 is 10.2 Å². The van der Waals surface area contributed by atoms with Gasteiger partial charge in [-0.1, -0.05) is 24.3 Å². The van der Waals surface area contributed by atoms with Crippen LogP contribution in [-0.4, -0.2) is 40.9 Å². The van der Waals surface area contributed by atoms with E-state index < -0.39 is 6.09 Å². The number of carboxylic acid groups (broad SMARTS) is 1. The molecule has 5 heteroatoms. The third-order valence-electron chi connectivity index (χ3n) is 3.20. The van der Waals surface area contributed by atoms with E-state index in [1.165, 1.54) is 10.5 Å². The minimum atomic E-state index is -0.961. The molecule has 98 valence electrons. The van der Waals surface area contributed by atoms with Crippen LogP contribution in [0.2, 0.25) is 0 Å². The Hall–Kier alpha value is -1.59. The fraction of sp³-hybridized carbons (Fsp3) is 0.462. The van der Waals surface area contributed by atoms with Gasteiger partial charge >= 0.3 is 6.09 Å². The number of aliphatic hydroxyl groups is 1. The first kappa shape index (κ1) is 12.9. The number of rotatable bonds is 4. The Morgan fingerprint density at radius 2 is 2.22 bits per heavy atom. The van der Waals surface area contributed by atoms with E-state index in [9.17, 15) is 9.90 Å². The number of benzene rings is 1. The fourth-order valence-electron chi connectivity index (χ4n) is 2.34. The Labute approximate surface area is 106 Å². The Bertz CT molecular complexity index is 422. The summed E-state index contributed by atoms with van der Waals surface area (Å²) in [5.41, 5.74) is 2.21. The molecule has 3 N–H and O–H groups in total. The molecule has 1 amide bonds. The standard InChI is InChI=1S/C13H18N2O3/c16-9-3-8-15(13(17)18)12-11-5-2-1-4-10(11)6-7-14-12/h1-2,4-5,12,14,16H,3,6-9H2,(H,17,18). The van der Waals surface area contributed by atoms with Gasteiger partial charge in [-0.15, -0.1) is 0 Å². The third-order valence-corrected chi connectivity index (χ3v) is 3.20. The van der Waals surface area contributed by atoms with Crippen molar-refractivity contribution in [1.29, 1.82) is 0 Å². The van der Waals surface area contributed by atoms with Gasteiger partial charge in [0.2, 0.25) is 0 Å². The van der Waals surface area contributed by atoms with E-state index in [1.54, 1.807) is 0 Å². The summed E-state index contributed by atoms with van der Waals surface area (Å²) in [4.78, 5) is 12.7. The van der Waals surface area contributed by atoms with Crippen LogP contribution in [0.5, 0.6) is 0 Å². The van der Waals surface area contributed by atoms with Gasteiger partial charge in [-0.2, -0.15) is 0 Å². The Morgan fingerprint density at radius 1 is 1.44 bits per heavy atom. The van der Waals surface area contributed by atoms with E-state index in [-0.39, 0.29) is 12.8 Å². The summed E-state index contributed by atoms with van der Waals surface area (Å²) in [6.07, 6.45) is 0.101. The van der Waals surface area contributed by atoms with Crippen molar-refractivity contribution in [2.75, 3.05) is 19.7 Å². The Morgan fingerprint density at radius 3 is 2.94 bits per heavy atom. The molecule has 0 fully saturated rings. The van der Waals surface area contributed by atoms with E-state index in [0.29, 0.717) is 13.0 Å². The first-order valence-corrected chi connectivity index (χ1v) is 6.15. The second kappa shape index (κ2) is 5.84. The summed E-state index contributed by atoms with van der Waals surface area (Å²) in [6.45, 7) is 1.10. The lowest BCUT2D eigenvalue weighted by Gasteiger charge is -2.34. The normalized spacial score (nSPS) is 18.2. The summed E-state index contributed by atoms with van der Waals surface area (Å²) >= 11 is 0. The predicted molar refractivity (Wildman–Crippen MR) is 67.3 cm³/mol. The average Bonchev–Trinajstić information content (AvgIpc) is 2.39. The van der Waals surface area contributed by atoms with Gasteiger partial charge in [0.25, 0.3) is 0 Å². The number of aliphatic hydroxyl groups excluding tert-OH is 1. The summed E-state index contributed by atoms with van der Waals surface area (Å²) in [7, 11) is 0. The number of fused-ring (bicyclic) bond motifs is 1. The number of amides is 1. The number of carbonyl (C=O) groups is 1. The van der Waals surface area contributed by atoms with Crippen molar-refractivity contribution in [3.05, 3.63) is 35.4 Å². The summed E-state index contributed by atoms with van der Waals surface area (Å²) < 4.78 is 0. The van der Waals surface area contributed by atoms with Crippen molar-refractivity contribution in [3.63, 3.8) is 0 Å². The number of hydrogen-bond donors (Lipinski definition) is 3.